The van der Waals surface area contributed by atoms with Gasteiger partial charge in [0.25, 0.3) is 0 Å². The molecule has 0 N–H and O–H groups in total. The summed E-state index contributed by atoms with van der Waals surface area (Å²) in [6.45, 7) is 6.35. The summed E-state index contributed by atoms with van der Waals surface area (Å²) >= 11 is 0. The normalized spacial score (nSPS) is 13.1. The lowest BCUT2D eigenvalue weighted by atomic mass is 9.91. The Bertz CT molecular complexity index is 328. The highest BCUT2D eigenvalue weighted by atomic mass is 16.1. The molecule has 0 aliphatic rings. The average Bonchev–Trinajstić information content (AvgIpc) is 2.44. The van der Waals surface area contributed by atoms with E-state index < -0.39 is 0 Å². The summed E-state index contributed by atoms with van der Waals surface area (Å²) in [6, 6.07) is 2.08. The maximum absolute atomic E-state index is 10.7. The van der Waals surface area contributed by atoms with E-state index in [9.17, 15) is 4.79 Å². The Kier molecular flexibility index (Phi) is 4.06. The molecule has 1 aromatic rings. The molecule has 1 heterocycles. The minimum atomic E-state index is 0.314. The van der Waals surface area contributed by atoms with Gasteiger partial charge in [-0.3, -0.25) is 4.68 Å². The highest BCUT2D eigenvalue weighted by molar-refractivity contribution is 5.51. The number of carbonyl (C=O) groups is 1. The summed E-state index contributed by atoms with van der Waals surface area (Å²) < 4.78 is 1.89. The first-order chi connectivity index (χ1) is 7.04. The third-order valence-electron chi connectivity index (χ3n) is 2.59. The molecule has 0 bridgehead atoms. The van der Waals surface area contributed by atoms with Crippen molar-refractivity contribution in [2.24, 2.45) is 13.0 Å². The van der Waals surface area contributed by atoms with Crippen LogP contribution in [-0.4, -0.2) is 16.1 Å². The van der Waals surface area contributed by atoms with Gasteiger partial charge in [-0.15, -0.1) is 0 Å². The van der Waals surface area contributed by atoms with Crippen LogP contribution in [0.5, 0.6) is 0 Å². The number of carbonyl (C=O) groups excluding carboxylic acids is 1. The molecule has 0 aliphatic carbocycles. The first-order valence-corrected chi connectivity index (χ1v) is 5.48. The molecule has 0 aliphatic heterocycles. The summed E-state index contributed by atoms with van der Waals surface area (Å²) in [5.41, 5.74) is 2.19. The number of hydrogen-bond acceptors (Lipinski definition) is 2. The lowest BCUT2D eigenvalue weighted by Crippen LogP contribution is -2.09. The predicted molar refractivity (Wildman–Crippen MR) is 60.8 cm³/mol. The fourth-order valence-electron chi connectivity index (χ4n) is 2.04. The standard InChI is InChI=1S/C12H20N2O/c1-9(2)7-11(5-6-15)12-8-10(3)13-14(12)4/h6,8-9,11H,5,7H2,1-4H3. The van der Waals surface area contributed by atoms with Crippen LogP contribution in [0.25, 0.3) is 0 Å². The second kappa shape index (κ2) is 5.10. The highest BCUT2D eigenvalue weighted by Gasteiger charge is 2.17. The van der Waals surface area contributed by atoms with Crippen LogP contribution in [0.2, 0.25) is 0 Å². The molecule has 0 saturated heterocycles. The van der Waals surface area contributed by atoms with Crippen LogP contribution in [0.3, 0.4) is 0 Å². The second-order valence-electron chi connectivity index (χ2n) is 4.56. The van der Waals surface area contributed by atoms with Gasteiger partial charge in [-0.1, -0.05) is 13.8 Å². The van der Waals surface area contributed by atoms with Gasteiger partial charge in [-0.2, -0.15) is 5.10 Å². The largest absolute Gasteiger partial charge is 0.303 e. The van der Waals surface area contributed by atoms with Crippen molar-refractivity contribution < 1.29 is 4.79 Å². The lowest BCUT2D eigenvalue weighted by Gasteiger charge is -2.16. The van der Waals surface area contributed by atoms with Gasteiger partial charge < -0.3 is 4.79 Å². The van der Waals surface area contributed by atoms with Crippen LogP contribution in [0.4, 0.5) is 0 Å². The number of hydrogen-bond donors (Lipinski definition) is 0. The van der Waals surface area contributed by atoms with Gasteiger partial charge >= 0.3 is 0 Å². The zero-order valence-electron chi connectivity index (χ0n) is 10.0. The molecule has 0 amide bonds. The van der Waals surface area contributed by atoms with Crippen LogP contribution in [0.15, 0.2) is 6.07 Å². The van der Waals surface area contributed by atoms with Gasteiger partial charge in [-0.05, 0) is 25.3 Å². The van der Waals surface area contributed by atoms with Gasteiger partial charge in [-0.25, -0.2) is 0 Å². The van der Waals surface area contributed by atoms with Crippen molar-refractivity contribution in [3.63, 3.8) is 0 Å². The molecular weight excluding hydrogens is 188 g/mol. The first kappa shape index (κ1) is 12.0. The molecule has 0 fully saturated rings. The minimum absolute atomic E-state index is 0.314. The highest BCUT2D eigenvalue weighted by Crippen LogP contribution is 2.26. The molecule has 3 nitrogen and oxygen atoms in total. The van der Waals surface area contributed by atoms with Crippen molar-refractivity contribution in [3.05, 3.63) is 17.5 Å². The van der Waals surface area contributed by atoms with E-state index in [2.05, 4.69) is 25.0 Å². The van der Waals surface area contributed by atoms with Gasteiger partial charge in [0.15, 0.2) is 0 Å². The average molecular weight is 208 g/mol. The van der Waals surface area contributed by atoms with Crippen LogP contribution in [0.1, 0.15) is 44.0 Å². The summed E-state index contributed by atoms with van der Waals surface area (Å²) in [6.07, 6.45) is 2.64. The Morgan fingerprint density at radius 3 is 2.60 bits per heavy atom. The number of aldehydes is 1. The molecule has 0 saturated carbocycles. The van der Waals surface area contributed by atoms with Crippen molar-refractivity contribution in [3.8, 4) is 0 Å². The molecule has 0 spiro atoms. The van der Waals surface area contributed by atoms with E-state index in [0.717, 1.165) is 18.4 Å². The molecule has 0 radical (unpaired) electrons. The molecule has 0 aromatic carbocycles. The zero-order valence-corrected chi connectivity index (χ0v) is 10.0. The molecular formula is C12H20N2O. The monoisotopic (exact) mass is 208 g/mol. The van der Waals surface area contributed by atoms with E-state index in [0.29, 0.717) is 18.3 Å². The van der Waals surface area contributed by atoms with E-state index >= 15 is 0 Å². The fraction of sp³-hybridized carbons (Fsp3) is 0.667. The fourth-order valence-corrected chi connectivity index (χ4v) is 2.04. The van der Waals surface area contributed by atoms with Crippen LogP contribution in [0, 0.1) is 12.8 Å². The molecule has 1 unspecified atom stereocenters. The number of nitrogens with zero attached hydrogens (tertiary/aromatic N) is 2. The Morgan fingerprint density at radius 2 is 2.20 bits per heavy atom. The molecule has 84 valence electrons. The van der Waals surface area contributed by atoms with E-state index in [-0.39, 0.29) is 0 Å². The molecule has 1 aromatic heterocycles. The Morgan fingerprint density at radius 1 is 1.53 bits per heavy atom. The van der Waals surface area contributed by atoms with Crippen molar-refractivity contribution in [1.82, 2.24) is 9.78 Å². The van der Waals surface area contributed by atoms with Crippen molar-refractivity contribution >= 4 is 6.29 Å². The van der Waals surface area contributed by atoms with Crippen molar-refractivity contribution in [2.45, 2.75) is 39.5 Å². The molecule has 15 heavy (non-hydrogen) atoms. The molecule has 3 heteroatoms. The summed E-state index contributed by atoms with van der Waals surface area (Å²) in [4.78, 5) is 10.7. The molecule has 1 rings (SSSR count). The van der Waals surface area contributed by atoms with Crippen LogP contribution in [-0.2, 0) is 11.8 Å². The van der Waals surface area contributed by atoms with Gasteiger partial charge in [0, 0.05) is 25.1 Å². The number of rotatable bonds is 5. The zero-order chi connectivity index (χ0) is 11.4. The Balaban J connectivity index is 2.87. The maximum atomic E-state index is 10.7. The van der Waals surface area contributed by atoms with Gasteiger partial charge in [0.2, 0.25) is 0 Å². The van der Waals surface area contributed by atoms with Crippen LogP contribution >= 0.6 is 0 Å². The van der Waals surface area contributed by atoms with Gasteiger partial charge in [0.1, 0.15) is 6.29 Å². The predicted octanol–water partition coefficient (Wildman–Crippen LogP) is 2.45. The summed E-state index contributed by atoms with van der Waals surface area (Å²) in [5.74, 6) is 0.916. The number of aromatic nitrogens is 2. The van der Waals surface area contributed by atoms with Gasteiger partial charge in [0.05, 0.1) is 5.69 Å². The second-order valence-corrected chi connectivity index (χ2v) is 4.56. The van der Waals surface area contributed by atoms with E-state index in [1.165, 1.54) is 5.69 Å². The topological polar surface area (TPSA) is 34.9 Å². The smallest absolute Gasteiger partial charge is 0.120 e. The third kappa shape index (κ3) is 3.18. The van der Waals surface area contributed by atoms with E-state index in [1.807, 2.05) is 18.7 Å². The number of aryl methyl sites for hydroxylation is 2. The molecule has 1 atom stereocenters. The SMILES string of the molecule is Cc1cc(C(CC=O)CC(C)C)n(C)n1. The van der Waals surface area contributed by atoms with Crippen molar-refractivity contribution in [2.75, 3.05) is 0 Å². The minimum Gasteiger partial charge on any atom is -0.303 e. The first-order valence-electron chi connectivity index (χ1n) is 5.48. The summed E-state index contributed by atoms with van der Waals surface area (Å²) in [7, 11) is 1.94. The van der Waals surface area contributed by atoms with E-state index in [4.69, 9.17) is 0 Å². The Labute approximate surface area is 91.5 Å². The Hall–Kier alpha value is -1.12. The maximum Gasteiger partial charge on any atom is 0.120 e. The van der Waals surface area contributed by atoms with Crippen LogP contribution < -0.4 is 0 Å². The quantitative estimate of drug-likeness (QED) is 0.697. The lowest BCUT2D eigenvalue weighted by molar-refractivity contribution is -0.108. The van der Waals surface area contributed by atoms with Crippen molar-refractivity contribution in [1.29, 1.82) is 0 Å². The van der Waals surface area contributed by atoms with E-state index in [1.54, 1.807) is 0 Å². The third-order valence-corrected chi connectivity index (χ3v) is 2.59. The summed E-state index contributed by atoms with van der Waals surface area (Å²) in [5, 5.41) is 4.32.